The monoisotopic (exact) mass is 337 g/mol. The van der Waals surface area contributed by atoms with Gasteiger partial charge in [0.1, 0.15) is 0 Å². The quantitative estimate of drug-likeness (QED) is 0.672. The molecule has 128 valence electrons. The standard InChI is InChI=1S/C20H19NO4/c1-13(22)21-18-9-7-15(8-10-18)20(24)25-12-19(23)17-6-5-14-3-2-4-16(14)11-17/h5-11H,2-4,12H2,1H3,(H,21,22). The smallest absolute Gasteiger partial charge is 0.338 e. The molecule has 2 aromatic rings. The molecule has 0 bridgehead atoms. The molecule has 0 saturated carbocycles. The summed E-state index contributed by atoms with van der Waals surface area (Å²) in [6, 6.07) is 12.0. The van der Waals surface area contributed by atoms with Gasteiger partial charge in [-0.15, -0.1) is 0 Å². The van der Waals surface area contributed by atoms with Gasteiger partial charge in [0.05, 0.1) is 5.56 Å². The van der Waals surface area contributed by atoms with Gasteiger partial charge in [0.15, 0.2) is 12.4 Å². The number of ketones is 1. The zero-order valence-electron chi connectivity index (χ0n) is 14.0. The number of carbonyl (C=O) groups excluding carboxylic acids is 3. The van der Waals surface area contributed by atoms with E-state index in [0.717, 1.165) is 19.3 Å². The number of amides is 1. The fourth-order valence-electron chi connectivity index (χ4n) is 2.94. The molecule has 0 heterocycles. The van der Waals surface area contributed by atoms with Crippen LogP contribution in [-0.2, 0) is 22.4 Å². The van der Waals surface area contributed by atoms with Gasteiger partial charge in [-0.25, -0.2) is 4.79 Å². The largest absolute Gasteiger partial charge is 0.454 e. The van der Waals surface area contributed by atoms with Gasteiger partial charge in [-0.3, -0.25) is 9.59 Å². The molecule has 0 radical (unpaired) electrons. The van der Waals surface area contributed by atoms with Crippen LogP contribution in [0.3, 0.4) is 0 Å². The third kappa shape index (κ3) is 4.12. The van der Waals surface area contributed by atoms with Crippen molar-refractivity contribution in [2.24, 2.45) is 0 Å². The minimum Gasteiger partial charge on any atom is -0.454 e. The highest BCUT2D eigenvalue weighted by molar-refractivity contribution is 5.99. The van der Waals surface area contributed by atoms with E-state index in [-0.39, 0.29) is 18.3 Å². The highest BCUT2D eigenvalue weighted by atomic mass is 16.5. The fraction of sp³-hybridized carbons (Fsp3) is 0.250. The minimum atomic E-state index is -0.566. The van der Waals surface area contributed by atoms with Crippen LogP contribution in [0.4, 0.5) is 5.69 Å². The van der Waals surface area contributed by atoms with Crippen LogP contribution in [0.15, 0.2) is 42.5 Å². The third-order valence-electron chi connectivity index (χ3n) is 4.20. The summed E-state index contributed by atoms with van der Waals surface area (Å²) in [7, 11) is 0. The molecular weight excluding hydrogens is 318 g/mol. The SMILES string of the molecule is CC(=O)Nc1ccc(C(=O)OCC(=O)c2ccc3c(c2)CCC3)cc1. The minimum absolute atomic E-state index is 0.185. The Bertz CT molecular complexity index is 824. The lowest BCUT2D eigenvalue weighted by molar-refractivity contribution is -0.114. The lowest BCUT2D eigenvalue weighted by Gasteiger charge is -2.07. The molecule has 1 amide bonds. The Hall–Kier alpha value is -2.95. The average molecular weight is 337 g/mol. The molecular formula is C20H19NO4. The number of carbonyl (C=O) groups is 3. The van der Waals surface area contributed by atoms with Crippen LogP contribution in [0.1, 0.15) is 45.2 Å². The molecule has 5 nitrogen and oxygen atoms in total. The van der Waals surface area contributed by atoms with E-state index in [0.29, 0.717) is 16.8 Å². The predicted molar refractivity (Wildman–Crippen MR) is 93.8 cm³/mol. The summed E-state index contributed by atoms with van der Waals surface area (Å²) in [6.07, 6.45) is 3.18. The average Bonchev–Trinajstić information content (AvgIpc) is 3.07. The molecule has 1 aliphatic carbocycles. The normalized spacial score (nSPS) is 12.4. The lowest BCUT2D eigenvalue weighted by atomic mass is 10.0. The number of aryl methyl sites for hydroxylation is 2. The van der Waals surface area contributed by atoms with Crippen LogP contribution >= 0.6 is 0 Å². The Kier molecular flexibility index (Phi) is 4.93. The molecule has 3 rings (SSSR count). The lowest BCUT2D eigenvalue weighted by Crippen LogP contribution is -2.14. The predicted octanol–water partition coefficient (Wildman–Crippen LogP) is 3.17. The Balaban J connectivity index is 1.58. The second-order valence-corrected chi connectivity index (χ2v) is 6.09. The van der Waals surface area contributed by atoms with Crippen molar-refractivity contribution >= 4 is 23.3 Å². The van der Waals surface area contributed by atoms with Crippen LogP contribution in [0, 0.1) is 0 Å². The first-order valence-electron chi connectivity index (χ1n) is 8.23. The summed E-state index contributed by atoms with van der Waals surface area (Å²) in [4.78, 5) is 35.2. The van der Waals surface area contributed by atoms with E-state index in [1.807, 2.05) is 12.1 Å². The molecule has 0 aliphatic heterocycles. The fourth-order valence-corrected chi connectivity index (χ4v) is 2.94. The number of fused-ring (bicyclic) bond motifs is 1. The molecule has 0 aromatic heterocycles. The Labute approximate surface area is 146 Å². The maximum Gasteiger partial charge on any atom is 0.338 e. The second-order valence-electron chi connectivity index (χ2n) is 6.09. The van der Waals surface area contributed by atoms with Gasteiger partial charge in [0.2, 0.25) is 5.91 Å². The molecule has 2 aromatic carbocycles. The van der Waals surface area contributed by atoms with Crippen molar-refractivity contribution in [2.45, 2.75) is 26.2 Å². The zero-order chi connectivity index (χ0) is 17.8. The molecule has 0 saturated heterocycles. The van der Waals surface area contributed by atoms with Gasteiger partial charge in [-0.2, -0.15) is 0 Å². The van der Waals surface area contributed by atoms with E-state index in [1.165, 1.54) is 18.1 Å². The van der Waals surface area contributed by atoms with Crippen LogP contribution in [-0.4, -0.2) is 24.3 Å². The highest BCUT2D eigenvalue weighted by Crippen LogP contribution is 2.23. The number of nitrogens with one attached hydrogen (secondary N) is 1. The van der Waals surface area contributed by atoms with Crippen LogP contribution in [0.25, 0.3) is 0 Å². The van der Waals surface area contributed by atoms with Gasteiger partial charge >= 0.3 is 5.97 Å². The zero-order valence-corrected chi connectivity index (χ0v) is 14.0. The number of esters is 1. The molecule has 0 unspecified atom stereocenters. The number of ether oxygens (including phenoxy) is 1. The first kappa shape index (κ1) is 16.9. The van der Waals surface area contributed by atoms with Crippen molar-refractivity contribution in [3.05, 3.63) is 64.7 Å². The summed E-state index contributed by atoms with van der Waals surface area (Å²) < 4.78 is 5.11. The first-order valence-corrected chi connectivity index (χ1v) is 8.23. The Morgan fingerprint density at radius 1 is 0.960 bits per heavy atom. The topological polar surface area (TPSA) is 72.5 Å². The molecule has 5 heteroatoms. The van der Waals surface area contributed by atoms with Crippen LogP contribution < -0.4 is 5.32 Å². The van der Waals surface area contributed by atoms with Gasteiger partial charge in [-0.1, -0.05) is 12.1 Å². The third-order valence-corrected chi connectivity index (χ3v) is 4.20. The number of benzene rings is 2. The van der Waals surface area contributed by atoms with Crippen molar-refractivity contribution < 1.29 is 19.1 Å². The number of rotatable bonds is 5. The van der Waals surface area contributed by atoms with E-state index < -0.39 is 5.97 Å². The molecule has 0 fully saturated rings. The highest BCUT2D eigenvalue weighted by Gasteiger charge is 2.16. The molecule has 0 spiro atoms. The van der Waals surface area contributed by atoms with E-state index >= 15 is 0 Å². The maximum absolute atomic E-state index is 12.2. The first-order chi connectivity index (χ1) is 12.0. The summed E-state index contributed by atoms with van der Waals surface area (Å²) in [6.45, 7) is 1.12. The Morgan fingerprint density at radius 2 is 1.64 bits per heavy atom. The summed E-state index contributed by atoms with van der Waals surface area (Å²) >= 11 is 0. The molecule has 1 aliphatic rings. The summed E-state index contributed by atoms with van der Waals surface area (Å²) in [5.74, 6) is -0.961. The van der Waals surface area contributed by atoms with Gasteiger partial charge in [0, 0.05) is 18.2 Å². The molecule has 1 N–H and O–H groups in total. The van der Waals surface area contributed by atoms with E-state index in [4.69, 9.17) is 4.74 Å². The van der Waals surface area contributed by atoms with Crippen molar-refractivity contribution in [2.75, 3.05) is 11.9 Å². The van der Waals surface area contributed by atoms with Crippen molar-refractivity contribution in [3.8, 4) is 0 Å². The number of Topliss-reactive ketones (excluding diaryl/α,β-unsaturated/α-hetero) is 1. The Morgan fingerprint density at radius 3 is 2.36 bits per heavy atom. The van der Waals surface area contributed by atoms with E-state index in [2.05, 4.69) is 5.32 Å². The van der Waals surface area contributed by atoms with Crippen molar-refractivity contribution in [1.82, 2.24) is 0 Å². The number of hydrogen-bond donors (Lipinski definition) is 1. The van der Waals surface area contributed by atoms with Gasteiger partial charge < -0.3 is 10.1 Å². The molecule has 0 atom stereocenters. The van der Waals surface area contributed by atoms with Crippen molar-refractivity contribution in [1.29, 1.82) is 0 Å². The van der Waals surface area contributed by atoms with Gasteiger partial charge in [-0.05, 0) is 60.7 Å². The van der Waals surface area contributed by atoms with Crippen LogP contribution in [0.5, 0.6) is 0 Å². The summed E-state index contributed by atoms with van der Waals surface area (Å²) in [5, 5.41) is 2.62. The maximum atomic E-state index is 12.2. The molecule has 25 heavy (non-hydrogen) atoms. The van der Waals surface area contributed by atoms with Crippen molar-refractivity contribution in [3.63, 3.8) is 0 Å². The van der Waals surface area contributed by atoms with E-state index in [9.17, 15) is 14.4 Å². The number of hydrogen-bond acceptors (Lipinski definition) is 4. The van der Waals surface area contributed by atoms with Crippen LogP contribution in [0.2, 0.25) is 0 Å². The van der Waals surface area contributed by atoms with E-state index in [1.54, 1.807) is 30.3 Å². The summed E-state index contributed by atoms with van der Waals surface area (Å²) in [5.41, 5.74) is 4.02. The number of anilines is 1. The second kappa shape index (κ2) is 7.30. The van der Waals surface area contributed by atoms with Gasteiger partial charge in [0.25, 0.3) is 0 Å².